The molecule has 2 aromatic carbocycles. The van der Waals surface area contributed by atoms with E-state index in [1.54, 1.807) is 17.7 Å². The van der Waals surface area contributed by atoms with Gasteiger partial charge in [-0.05, 0) is 29.7 Å². The van der Waals surface area contributed by atoms with Gasteiger partial charge in [-0.25, -0.2) is 9.97 Å². The van der Waals surface area contributed by atoms with Gasteiger partial charge in [0, 0.05) is 22.5 Å². The predicted molar refractivity (Wildman–Crippen MR) is 106 cm³/mol. The predicted octanol–water partition coefficient (Wildman–Crippen LogP) is 5.67. The molecule has 4 aromatic rings. The first-order valence-corrected chi connectivity index (χ1v) is 9.33. The van der Waals surface area contributed by atoms with Crippen molar-refractivity contribution in [3.8, 4) is 11.1 Å². The normalized spacial score (nSPS) is 10.9. The molecule has 124 valence electrons. The fourth-order valence-corrected chi connectivity index (χ4v) is 3.86. The minimum atomic E-state index is 0.737. The smallest absolute Gasteiger partial charge is 0.138 e. The van der Waals surface area contributed by atoms with E-state index >= 15 is 0 Å². The van der Waals surface area contributed by atoms with Crippen molar-refractivity contribution in [1.29, 1.82) is 0 Å². The SMILES string of the molecule is Clc1ccc(-c2csc3ncnc(NCCc4ccccc4)c23)cc1. The van der Waals surface area contributed by atoms with Gasteiger partial charge in [-0.15, -0.1) is 11.3 Å². The van der Waals surface area contributed by atoms with Crippen LogP contribution in [0.3, 0.4) is 0 Å². The monoisotopic (exact) mass is 365 g/mol. The number of nitrogens with zero attached hydrogens (tertiary/aromatic N) is 2. The van der Waals surface area contributed by atoms with Gasteiger partial charge in [-0.3, -0.25) is 0 Å². The van der Waals surface area contributed by atoms with E-state index in [2.05, 4.69) is 44.9 Å². The third-order valence-electron chi connectivity index (χ3n) is 4.07. The lowest BCUT2D eigenvalue weighted by Crippen LogP contribution is -2.06. The summed E-state index contributed by atoms with van der Waals surface area (Å²) in [7, 11) is 0. The number of hydrogen-bond acceptors (Lipinski definition) is 4. The second-order valence-corrected chi connectivity index (χ2v) is 7.02. The van der Waals surface area contributed by atoms with E-state index in [1.165, 1.54) is 5.56 Å². The van der Waals surface area contributed by atoms with Crippen LogP contribution in [0.5, 0.6) is 0 Å². The van der Waals surface area contributed by atoms with E-state index in [4.69, 9.17) is 11.6 Å². The van der Waals surface area contributed by atoms with Crippen LogP contribution in [-0.4, -0.2) is 16.5 Å². The molecule has 0 spiro atoms. The molecule has 0 saturated heterocycles. The lowest BCUT2D eigenvalue weighted by Gasteiger charge is -2.08. The Morgan fingerprint density at radius 1 is 0.960 bits per heavy atom. The number of fused-ring (bicyclic) bond motifs is 1. The highest BCUT2D eigenvalue weighted by Crippen LogP contribution is 2.36. The molecular weight excluding hydrogens is 350 g/mol. The Morgan fingerprint density at radius 3 is 2.56 bits per heavy atom. The van der Waals surface area contributed by atoms with Crippen LogP contribution in [0, 0.1) is 0 Å². The summed E-state index contributed by atoms with van der Waals surface area (Å²) in [6.45, 7) is 0.825. The van der Waals surface area contributed by atoms with E-state index in [0.717, 1.165) is 45.1 Å². The highest BCUT2D eigenvalue weighted by molar-refractivity contribution is 7.17. The number of halogens is 1. The molecule has 0 aliphatic heterocycles. The van der Waals surface area contributed by atoms with Gasteiger partial charge in [0.15, 0.2) is 0 Å². The first-order chi connectivity index (χ1) is 12.3. The van der Waals surface area contributed by atoms with Crippen molar-refractivity contribution in [2.24, 2.45) is 0 Å². The van der Waals surface area contributed by atoms with Crippen molar-refractivity contribution >= 4 is 39.0 Å². The van der Waals surface area contributed by atoms with Crippen molar-refractivity contribution < 1.29 is 0 Å². The molecule has 1 N–H and O–H groups in total. The minimum Gasteiger partial charge on any atom is -0.369 e. The van der Waals surface area contributed by atoms with Crippen LogP contribution in [0.25, 0.3) is 21.3 Å². The van der Waals surface area contributed by atoms with Crippen molar-refractivity contribution in [1.82, 2.24) is 9.97 Å². The summed E-state index contributed by atoms with van der Waals surface area (Å²) in [6.07, 6.45) is 2.57. The zero-order chi connectivity index (χ0) is 17.1. The van der Waals surface area contributed by atoms with Crippen LogP contribution in [0.2, 0.25) is 5.02 Å². The van der Waals surface area contributed by atoms with Gasteiger partial charge >= 0.3 is 0 Å². The summed E-state index contributed by atoms with van der Waals surface area (Å²) >= 11 is 7.65. The zero-order valence-electron chi connectivity index (χ0n) is 13.4. The van der Waals surface area contributed by atoms with E-state index < -0.39 is 0 Å². The minimum absolute atomic E-state index is 0.737. The highest BCUT2D eigenvalue weighted by Gasteiger charge is 2.12. The Labute approximate surface area is 155 Å². The second-order valence-electron chi connectivity index (χ2n) is 5.72. The molecule has 0 atom stereocenters. The van der Waals surface area contributed by atoms with E-state index in [-0.39, 0.29) is 0 Å². The molecule has 0 fully saturated rings. The molecule has 25 heavy (non-hydrogen) atoms. The van der Waals surface area contributed by atoms with Gasteiger partial charge in [0.25, 0.3) is 0 Å². The third kappa shape index (κ3) is 3.50. The maximum atomic E-state index is 6.01. The van der Waals surface area contributed by atoms with Gasteiger partial charge < -0.3 is 5.32 Å². The van der Waals surface area contributed by atoms with Gasteiger partial charge in [0.2, 0.25) is 0 Å². The highest BCUT2D eigenvalue weighted by atomic mass is 35.5. The van der Waals surface area contributed by atoms with Crippen molar-refractivity contribution in [2.75, 3.05) is 11.9 Å². The maximum Gasteiger partial charge on any atom is 0.138 e. The number of hydrogen-bond donors (Lipinski definition) is 1. The number of anilines is 1. The Morgan fingerprint density at radius 2 is 1.76 bits per heavy atom. The second kappa shape index (κ2) is 7.21. The lowest BCUT2D eigenvalue weighted by atomic mass is 10.1. The molecule has 2 heterocycles. The third-order valence-corrected chi connectivity index (χ3v) is 5.21. The molecule has 0 aliphatic carbocycles. The maximum absolute atomic E-state index is 6.01. The Bertz CT molecular complexity index is 981. The van der Waals surface area contributed by atoms with Crippen LogP contribution in [0.15, 0.2) is 66.3 Å². The summed E-state index contributed by atoms with van der Waals surface area (Å²) in [5.74, 6) is 0.882. The first-order valence-electron chi connectivity index (χ1n) is 8.07. The first kappa shape index (κ1) is 16.1. The molecule has 0 aliphatic rings. The summed E-state index contributed by atoms with van der Waals surface area (Å²) in [4.78, 5) is 9.87. The van der Waals surface area contributed by atoms with E-state index in [1.807, 2.05) is 30.3 Å². The quantitative estimate of drug-likeness (QED) is 0.495. The molecule has 0 amide bonds. The van der Waals surface area contributed by atoms with E-state index in [0.29, 0.717) is 0 Å². The summed E-state index contributed by atoms with van der Waals surface area (Å²) in [5.41, 5.74) is 3.57. The van der Waals surface area contributed by atoms with Crippen LogP contribution in [0.1, 0.15) is 5.56 Å². The van der Waals surface area contributed by atoms with Crippen LogP contribution >= 0.6 is 22.9 Å². The Hall–Kier alpha value is -2.43. The topological polar surface area (TPSA) is 37.8 Å². The fraction of sp³-hybridized carbons (Fsp3) is 0.100. The Kier molecular flexibility index (Phi) is 4.63. The number of aromatic nitrogens is 2. The number of rotatable bonds is 5. The number of benzene rings is 2. The molecule has 4 rings (SSSR count). The molecule has 3 nitrogen and oxygen atoms in total. The van der Waals surface area contributed by atoms with Crippen LogP contribution in [-0.2, 0) is 6.42 Å². The molecular formula is C20H16ClN3S. The van der Waals surface area contributed by atoms with Crippen LogP contribution < -0.4 is 5.32 Å². The molecule has 0 bridgehead atoms. The molecule has 5 heteroatoms. The average molecular weight is 366 g/mol. The standard InChI is InChI=1S/C20H16ClN3S/c21-16-8-6-15(7-9-16)17-12-25-20-18(17)19(23-13-24-20)22-11-10-14-4-2-1-3-5-14/h1-9,12-13H,10-11H2,(H,22,23,24). The molecule has 0 unspecified atom stereocenters. The van der Waals surface area contributed by atoms with E-state index in [9.17, 15) is 0 Å². The Balaban J connectivity index is 1.62. The molecule has 0 saturated carbocycles. The van der Waals surface area contributed by atoms with Gasteiger partial charge in [-0.1, -0.05) is 54.1 Å². The summed E-state index contributed by atoms with van der Waals surface area (Å²) < 4.78 is 0. The summed E-state index contributed by atoms with van der Waals surface area (Å²) in [6, 6.07) is 18.3. The average Bonchev–Trinajstić information content (AvgIpc) is 3.08. The van der Waals surface area contributed by atoms with Crippen molar-refractivity contribution in [2.45, 2.75) is 6.42 Å². The van der Waals surface area contributed by atoms with Crippen LogP contribution in [0.4, 0.5) is 5.82 Å². The van der Waals surface area contributed by atoms with Gasteiger partial charge in [-0.2, -0.15) is 0 Å². The number of nitrogens with one attached hydrogen (secondary N) is 1. The molecule has 0 radical (unpaired) electrons. The zero-order valence-corrected chi connectivity index (χ0v) is 15.0. The molecule has 2 aromatic heterocycles. The fourth-order valence-electron chi connectivity index (χ4n) is 2.82. The van der Waals surface area contributed by atoms with Gasteiger partial charge in [0.05, 0.1) is 5.39 Å². The van der Waals surface area contributed by atoms with Crippen molar-refractivity contribution in [3.63, 3.8) is 0 Å². The number of thiophene rings is 1. The van der Waals surface area contributed by atoms with Gasteiger partial charge in [0.1, 0.15) is 17.0 Å². The largest absolute Gasteiger partial charge is 0.369 e. The summed E-state index contributed by atoms with van der Waals surface area (Å²) in [5, 5.41) is 7.41. The van der Waals surface area contributed by atoms with Crippen molar-refractivity contribution in [3.05, 3.63) is 76.9 Å². The lowest BCUT2D eigenvalue weighted by molar-refractivity contribution is 1.01.